The maximum absolute atomic E-state index is 12.7. The highest BCUT2D eigenvalue weighted by atomic mass is 16.6. The number of carbonyl (C=O) groups is 3. The van der Waals surface area contributed by atoms with Gasteiger partial charge in [-0.1, -0.05) is 12.1 Å². The Labute approximate surface area is 223 Å². The van der Waals surface area contributed by atoms with Gasteiger partial charge in [0, 0.05) is 0 Å². The number of amides is 1. The van der Waals surface area contributed by atoms with Gasteiger partial charge >= 0.3 is 11.9 Å². The first-order chi connectivity index (χ1) is 18.4. The molecule has 1 amide bonds. The third kappa shape index (κ3) is 5.64. The van der Waals surface area contributed by atoms with Gasteiger partial charge in [-0.2, -0.15) is 0 Å². The summed E-state index contributed by atoms with van der Waals surface area (Å²) in [5, 5.41) is 2.71. The molecule has 2 aromatic rings. The maximum atomic E-state index is 12.7. The van der Waals surface area contributed by atoms with Crippen LogP contribution in [0.5, 0.6) is 11.5 Å². The van der Waals surface area contributed by atoms with E-state index in [4.69, 9.17) is 18.9 Å². The molecule has 8 nitrogen and oxygen atoms in total. The lowest BCUT2D eigenvalue weighted by Crippen LogP contribution is -2.48. The lowest BCUT2D eigenvalue weighted by molar-refractivity contribution is -0.145. The van der Waals surface area contributed by atoms with Crippen LogP contribution in [-0.4, -0.2) is 44.8 Å². The number of rotatable bonds is 10. The molecule has 4 aliphatic carbocycles. The monoisotopic (exact) mass is 521 g/mol. The fourth-order valence-corrected chi connectivity index (χ4v) is 7.04. The molecular formula is C30H35NO7. The molecule has 1 N–H and O–H groups in total. The number of nitrogens with one attached hydrogen (secondary N) is 1. The number of hydrogen-bond acceptors (Lipinski definition) is 7. The Bertz CT molecular complexity index is 1150. The molecule has 0 aliphatic heterocycles. The summed E-state index contributed by atoms with van der Waals surface area (Å²) in [7, 11) is 1.27. The van der Waals surface area contributed by atoms with Crippen LogP contribution in [0.3, 0.4) is 0 Å². The van der Waals surface area contributed by atoms with E-state index in [0.29, 0.717) is 11.2 Å². The first-order valence-corrected chi connectivity index (χ1v) is 13.4. The molecule has 2 aromatic carbocycles. The first kappa shape index (κ1) is 26.1. The van der Waals surface area contributed by atoms with Crippen molar-refractivity contribution in [2.75, 3.05) is 32.2 Å². The number of methoxy groups -OCH3 is 1. The fraction of sp³-hybridized carbons (Fsp3) is 0.500. The SMILES string of the molecule is CCOC(=O)COc1ccc(C(=O)OC)cc1NC(=O)COc1ccc(C23CC4CC(CC(C4)C2)C3)cc1. The Morgan fingerprint density at radius 1 is 0.895 bits per heavy atom. The Kier molecular flexibility index (Phi) is 7.58. The minimum Gasteiger partial charge on any atom is -0.484 e. The van der Waals surface area contributed by atoms with E-state index in [9.17, 15) is 14.4 Å². The standard InChI is InChI=1S/C30H35NO7/c1-3-36-28(33)18-38-26-9-4-22(29(34)35-2)13-25(26)31-27(32)17-37-24-7-5-23(6-8-24)30-14-19-10-20(15-30)12-21(11-19)16-30/h4-9,13,19-21H,3,10-12,14-18H2,1-2H3,(H,31,32). The Morgan fingerprint density at radius 3 is 2.16 bits per heavy atom. The van der Waals surface area contributed by atoms with E-state index < -0.39 is 17.8 Å². The third-order valence-electron chi connectivity index (χ3n) is 8.20. The molecular weight excluding hydrogens is 486 g/mol. The zero-order chi connectivity index (χ0) is 26.7. The van der Waals surface area contributed by atoms with Crippen molar-refractivity contribution in [2.45, 2.75) is 50.9 Å². The van der Waals surface area contributed by atoms with Crippen molar-refractivity contribution in [3.63, 3.8) is 0 Å². The summed E-state index contributed by atoms with van der Waals surface area (Å²) in [5.74, 6) is 1.95. The van der Waals surface area contributed by atoms with Crippen molar-refractivity contribution in [3.05, 3.63) is 53.6 Å². The number of carbonyl (C=O) groups excluding carboxylic acids is 3. The Morgan fingerprint density at radius 2 is 1.55 bits per heavy atom. The number of anilines is 1. The normalized spacial score (nSPS) is 24.9. The van der Waals surface area contributed by atoms with Crippen molar-refractivity contribution in [3.8, 4) is 11.5 Å². The van der Waals surface area contributed by atoms with Gasteiger partial charge in [0.05, 0.1) is 25.0 Å². The Hall–Kier alpha value is -3.55. The van der Waals surface area contributed by atoms with Crippen LogP contribution in [0.2, 0.25) is 0 Å². The van der Waals surface area contributed by atoms with Crippen molar-refractivity contribution in [1.82, 2.24) is 0 Å². The largest absolute Gasteiger partial charge is 0.484 e. The quantitative estimate of drug-likeness (QED) is 0.444. The summed E-state index contributed by atoms with van der Waals surface area (Å²) in [6.45, 7) is 1.37. The van der Waals surface area contributed by atoms with Gasteiger partial charge in [0.1, 0.15) is 11.5 Å². The van der Waals surface area contributed by atoms with Crippen molar-refractivity contribution >= 4 is 23.5 Å². The molecule has 4 aliphatic rings. The number of ether oxygens (including phenoxy) is 4. The first-order valence-electron chi connectivity index (χ1n) is 13.4. The van der Waals surface area contributed by atoms with Gasteiger partial charge < -0.3 is 24.3 Å². The van der Waals surface area contributed by atoms with Crippen LogP contribution < -0.4 is 14.8 Å². The molecule has 0 radical (unpaired) electrons. The van der Waals surface area contributed by atoms with Gasteiger partial charge in [0.2, 0.25) is 0 Å². The molecule has 0 saturated heterocycles. The molecule has 0 atom stereocenters. The van der Waals surface area contributed by atoms with E-state index in [-0.39, 0.29) is 36.8 Å². The van der Waals surface area contributed by atoms with Crippen LogP contribution in [0.25, 0.3) is 0 Å². The lowest BCUT2D eigenvalue weighted by atomic mass is 9.48. The van der Waals surface area contributed by atoms with Crippen LogP contribution in [0.4, 0.5) is 5.69 Å². The second-order valence-electron chi connectivity index (χ2n) is 10.9. The van der Waals surface area contributed by atoms with Crippen LogP contribution in [0, 0.1) is 17.8 Å². The van der Waals surface area contributed by atoms with E-state index in [0.717, 1.165) is 17.8 Å². The Balaban J connectivity index is 1.21. The molecule has 4 fully saturated rings. The van der Waals surface area contributed by atoms with Crippen LogP contribution in [0.15, 0.2) is 42.5 Å². The van der Waals surface area contributed by atoms with Crippen LogP contribution in [0.1, 0.15) is 61.4 Å². The average molecular weight is 522 g/mol. The third-order valence-corrected chi connectivity index (χ3v) is 8.20. The maximum Gasteiger partial charge on any atom is 0.344 e. The zero-order valence-electron chi connectivity index (χ0n) is 22.0. The molecule has 0 unspecified atom stereocenters. The minimum atomic E-state index is -0.562. The summed E-state index contributed by atoms with van der Waals surface area (Å²) in [5.41, 5.74) is 2.17. The highest BCUT2D eigenvalue weighted by Gasteiger charge is 2.51. The van der Waals surface area contributed by atoms with E-state index in [1.807, 2.05) is 12.1 Å². The molecule has 0 heterocycles. The molecule has 202 valence electrons. The van der Waals surface area contributed by atoms with Gasteiger partial charge in [-0.05, 0) is 105 Å². The lowest BCUT2D eigenvalue weighted by Gasteiger charge is -2.57. The summed E-state index contributed by atoms with van der Waals surface area (Å²) < 4.78 is 20.9. The van der Waals surface area contributed by atoms with Gasteiger partial charge in [0.15, 0.2) is 13.2 Å². The second kappa shape index (κ2) is 11.1. The van der Waals surface area contributed by atoms with Gasteiger partial charge in [-0.25, -0.2) is 9.59 Å². The summed E-state index contributed by atoms with van der Waals surface area (Å²) in [6.07, 6.45) is 8.13. The zero-order valence-corrected chi connectivity index (χ0v) is 22.0. The van der Waals surface area contributed by atoms with E-state index in [1.165, 1.54) is 69.4 Å². The highest BCUT2D eigenvalue weighted by molar-refractivity contribution is 5.96. The number of benzene rings is 2. The molecule has 38 heavy (non-hydrogen) atoms. The van der Waals surface area contributed by atoms with Crippen molar-refractivity contribution in [1.29, 1.82) is 0 Å². The molecule has 0 spiro atoms. The average Bonchev–Trinajstić information content (AvgIpc) is 2.90. The van der Waals surface area contributed by atoms with Crippen LogP contribution >= 0.6 is 0 Å². The van der Waals surface area contributed by atoms with Gasteiger partial charge in [0.25, 0.3) is 5.91 Å². The van der Waals surface area contributed by atoms with E-state index in [2.05, 4.69) is 17.4 Å². The molecule has 6 rings (SSSR count). The van der Waals surface area contributed by atoms with Gasteiger partial charge in [-0.3, -0.25) is 4.79 Å². The smallest absolute Gasteiger partial charge is 0.344 e. The molecule has 0 aromatic heterocycles. The number of hydrogen-bond donors (Lipinski definition) is 1. The second-order valence-corrected chi connectivity index (χ2v) is 10.9. The molecule has 4 bridgehead atoms. The minimum absolute atomic E-state index is 0.221. The summed E-state index contributed by atoms with van der Waals surface area (Å²) in [4.78, 5) is 36.4. The van der Waals surface area contributed by atoms with Crippen molar-refractivity contribution in [2.24, 2.45) is 17.8 Å². The van der Waals surface area contributed by atoms with E-state index >= 15 is 0 Å². The topological polar surface area (TPSA) is 100 Å². The van der Waals surface area contributed by atoms with Crippen molar-refractivity contribution < 1.29 is 33.3 Å². The predicted molar refractivity (Wildman–Crippen MR) is 140 cm³/mol. The summed E-state index contributed by atoms with van der Waals surface area (Å²) in [6, 6.07) is 12.7. The fourth-order valence-electron chi connectivity index (χ4n) is 7.04. The van der Waals surface area contributed by atoms with Crippen LogP contribution in [-0.2, 0) is 24.5 Å². The molecule has 4 saturated carbocycles. The molecule has 8 heteroatoms. The van der Waals surface area contributed by atoms with E-state index in [1.54, 1.807) is 6.92 Å². The highest BCUT2D eigenvalue weighted by Crippen LogP contribution is 2.60. The number of esters is 2. The summed E-state index contributed by atoms with van der Waals surface area (Å²) >= 11 is 0. The predicted octanol–water partition coefficient (Wildman–Crippen LogP) is 4.90. The van der Waals surface area contributed by atoms with Gasteiger partial charge in [-0.15, -0.1) is 0 Å².